The third kappa shape index (κ3) is 2.35. The summed E-state index contributed by atoms with van der Waals surface area (Å²) in [5.74, 6) is 0. The van der Waals surface area contributed by atoms with E-state index in [-0.39, 0.29) is 6.04 Å². The molecular weight excluding hydrogens is 206 g/mol. The van der Waals surface area contributed by atoms with Crippen molar-refractivity contribution >= 4 is 11.6 Å². The van der Waals surface area contributed by atoms with Gasteiger partial charge in [-0.3, -0.25) is 0 Å². The second-order valence-corrected chi connectivity index (χ2v) is 5.75. The predicted molar refractivity (Wildman–Crippen MR) is 65.1 cm³/mol. The van der Waals surface area contributed by atoms with Crippen LogP contribution in [0.25, 0.3) is 0 Å². The van der Waals surface area contributed by atoms with Crippen molar-refractivity contribution in [3.8, 4) is 0 Å². The molecule has 15 heavy (non-hydrogen) atoms. The molecule has 1 atom stereocenters. The summed E-state index contributed by atoms with van der Waals surface area (Å²) >= 11 is 6.01. The molecule has 1 aromatic rings. The lowest BCUT2D eigenvalue weighted by Gasteiger charge is -2.24. The van der Waals surface area contributed by atoms with Gasteiger partial charge in [-0.1, -0.05) is 31.5 Å². The summed E-state index contributed by atoms with van der Waals surface area (Å²) < 4.78 is 0. The van der Waals surface area contributed by atoms with Crippen molar-refractivity contribution in [2.75, 3.05) is 0 Å². The Hall–Kier alpha value is -0.530. The Morgan fingerprint density at radius 3 is 2.87 bits per heavy atom. The van der Waals surface area contributed by atoms with Gasteiger partial charge in [0.1, 0.15) is 0 Å². The van der Waals surface area contributed by atoms with Crippen LogP contribution in [0.4, 0.5) is 0 Å². The molecule has 2 heteroatoms. The minimum Gasteiger partial charge on any atom is -0.324 e. The maximum Gasteiger partial charge on any atom is 0.0409 e. The van der Waals surface area contributed by atoms with Gasteiger partial charge in [0.15, 0.2) is 0 Å². The van der Waals surface area contributed by atoms with Gasteiger partial charge in [-0.2, -0.15) is 0 Å². The van der Waals surface area contributed by atoms with Crippen molar-refractivity contribution in [3.05, 3.63) is 34.3 Å². The SMILES string of the molecule is CC1(C)CCc2ccc(Cl)cc2C(N)C1. The monoisotopic (exact) mass is 223 g/mol. The Morgan fingerprint density at radius 1 is 1.40 bits per heavy atom. The Kier molecular flexibility index (Phi) is 2.78. The molecule has 0 aliphatic heterocycles. The van der Waals surface area contributed by atoms with Crippen LogP contribution in [0.5, 0.6) is 0 Å². The van der Waals surface area contributed by atoms with Crippen molar-refractivity contribution in [2.45, 2.75) is 39.2 Å². The Labute approximate surface area is 96.6 Å². The number of rotatable bonds is 0. The van der Waals surface area contributed by atoms with Gasteiger partial charge in [0.25, 0.3) is 0 Å². The zero-order valence-corrected chi connectivity index (χ0v) is 10.1. The first-order valence-electron chi connectivity index (χ1n) is 5.52. The number of benzene rings is 1. The quantitative estimate of drug-likeness (QED) is 0.667. The Bertz CT molecular complexity index is 371. The van der Waals surface area contributed by atoms with Gasteiger partial charge in [-0.05, 0) is 47.9 Å². The molecule has 0 radical (unpaired) electrons. The lowest BCUT2D eigenvalue weighted by atomic mass is 9.83. The molecule has 0 saturated carbocycles. The zero-order chi connectivity index (χ0) is 11.1. The van der Waals surface area contributed by atoms with E-state index in [1.807, 2.05) is 12.1 Å². The average Bonchev–Trinajstić information content (AvgIpc) is 2.24. The van der Waals surface area contributed by atoms with E-state index in [0.29, 0.717) is 5.41 Å². The summed E-state index contributed by atoms with van der Waals surface area (Å²) in [5.41, 5.74) is 9.19. The second kappa shape index (κ2) is 3.80. The van der Waals surface area contributed by atoms with Gasteiger partial charge < -0.3 is 5.73 Å². The Balaban J connectivity index is 2.40. The highest BCUT2D eigenvalue weighted by Crippen LogP contribution is 2.38. The summed E-state index contributed by atoms with van der Waals surface area (Å²) in [6, 6.07) is 6.25. The number of nitrogens with two attached hydrogens (primary N) is 1. The number of halogens is 1. The third-order valence-electron chi connectivity index (χ3n) is 3.35. The first kappa shape index (κ1) is 11.0. The molecule has 0 saturated heterocycles. The molecule has 1 aliphatic carbocycles. The molecule has 0 heterocycles. The van der Waals surface area contributed by atoms with E-state index in [1.165, 1.54) is 17.5 Å². The molecule has 82 valence electrons. The van der Waals surface area contributed by atoms with Crippen LogP contribution in [0.1, 0.15) is 43.9 Å². The standard InChI is InChI=1S/C13H18ClN/c1-13(2)6-5-9-3-4-10(14)7-11(9)12(15)8-13/h3-4,7,12H,5-6,8,15H2,1-2H3. The smallest absolute Gasteiger partial charge is 0.0409 e. The minimum absolute atomic E-state index is 0.135. The number of hydrogen-bond donors (Lipinski definition) is 1. The predicted octanol–water partition coefficient (Wildman–Crippen LogP) is 3.70. The van der Waals surface area contributed by atoms with E-state index >= 15 is 0 Å². The lowest BCUT2D eigenvalue weighted by Crippen LogP contribution is -2.19. The molecule has 0 bridgehead atoms. The van der Waals surface area contributed by atoms with Crippen molar-refractivity contribution in [1.29, 1.82) is 0 Å². The number of hydrogen-bond acceptors (Lipinski definition) is 1. The van der Waals surface area contributed by atoms with E-state index in [0.717, 1.165) is 17.9 Å². The fraction of sp³-hybridized carbons (Fsp3) is 0.538. The largest absolute Gasteiger partial charge is 0.324 e. The molecule has 1 aromatic carbocycles. The van der Waals surface area contributed by atoms with Gasteiger partial charge in [0.2, 0.25) is 0 Å². The topological polar surface area (TPSA) is 26.0 Å². The first-order chi connectivity index (χ1) is 6.98. The lowest BCUT2D eigenvalue weighted by molar-refractivity contribution is 0.294. The van der Waals surface area contributed by atoms with Crippen LogP contribution in [0.2, 0.25) is 5.02 Å². The summed E-state index contributed by atoms with van der Waals surface area (Å²) in [7, 11) is 0. The van der Waals surface area contributed by atoms with E-state index in [4.69, 9.17) is 17.3 Å². The van der Waals surface area contributed by atoms with Crippen LogP contribution in [0, 0.1) is 5.41 Å². The maximum absolute atomic E-state index is 6.23. The highest BCUT2D eigenvalue weighted by Gasteiger charge is 2.27. The van der Waals surface area contributed by atoms with Gasteiger partial charge in [0.05, 0.1) is 0 Å². The fourth-order valence-corrected chi connectivity index (χ4v) is 2.60. The van der Waals surface area contributed by atoms with Crippen LogP contribution in [-0.4, -0.2) is 0 Å². The highest BCUT2D eigenvalue weighted by atomic mass is 35.5. The van der Waals surface area contributed by atoms with Crippen molar-refractivity contribution in [2.24, 2.45) is 11.1 Å². The van der Waals surface area contributed by atoms with Gasteiger partial charge in [0, 0.05) is 11.1 Å². The van der Waals surface area contributed by atoms with Gasteiger partial charge in [-0.15, -0.1) is 0 Å². The summed E-state index contributed by atoms with van der Waals surface area (Å²) in [5, 5.41) is 0.795. The maximum atomic E-state index is 6.23. The van der Waals surface area contributed by atoms with Crippen LogP contribution >= 0.6 is 11.6 Å². The summed E-state index contributed by atoms with van der Waals surface area (Å²) in [6.45, 7) is 4.58. The van der Waals surface area contributed by atoms with E-state index in [9.17, 15) is 0 Å². The number of aryl methyl sites for hydroxylation is 1. The van der Waals surface area contributed by atoms with E-state index in [2.05, 4.69) is 19.9 Å². The van der Waals surface area contributed by atoms with Gasteiger partial charge in [-0.25, -0.2) is 0 Å². The molecule has 2 N–H and O–H groups in total. The first-order valence-corrected chi connectivity index (χ1v) is 5.90. The molecule has 1 aliphatic rings. The van der Waals surface area contributed by atoms with Crippen LogP contribution in [0.3, 0.4) is 0 Å². The van der Waals surface area contributed by atoms with Crippen molar-refractivity contribution < 1.29 is 0 Å². The normalized spacial score (nSPS) is 24.4. The third-order valence-corrected chi connectivity index (χ3v) is 3.59. The fourth-order valence-electron chi connectivity index (χ4n) is 2.42. The zero-order valence-electron chi connectivity index (χ0n) is 9.39. The molecular formula is C13H18ClN. The minimum atomic E-state index is 0.135. The Morgan fingerprint density at radius 2 is 2.13 bits per heavy atom. The molecule has 0 fully saturated rings. The molecule has 1 nitrogen and oxygen atoms in total. The van der Waals surface area contributed by atoms with Crippen molar-refractivity contribution in [1.82, 2.24) is 0 Å². The highest BCUT2D eigenvalue weighted by molar-refractivity contribution is 6.30. The summed E-state index contributed by atoms with van der Waals surface area (Å²) in [4.78, 5) is 0. The van der Waals surface area contributed by atoms with Crippen molar-refractivity contribution in [3.63, 3.8) is 0 Å². The number of fused-ring (bicyclic) bond motifs is 1. The molecule has 1 unspecified atom stereocenters. The molecule has 0 aromatic heterocycles. The average molecular weight is 224 g/mol. The van der Waals surface area contributed by atoms with Crippen LogP contribution in [-0.2, 0) is 6.42 Å². The van der Waals surface area contributed by atoms with Gasteiger partial charge >= 0.3 is 0 Å². The van der Waals surface area contributed by atoms with E-state index < -0.39 is 0 Å². The molecule has 2 rings (SSSR count). The van der Waals surface area contributed by atoms with Crippen LogP contribution < -0.4 is 5.73 Å². The summed E-state index contributed by atoms with van der Waals surface area (Å²) in [6.07, 6.45) is 3.36. The van der Waals surface area contributed by atoms with Crippen LogP contribution in [0.15, 0.2) is 18.2 Å². The second-order valence-electron chi connectivity index (χ2n) is 5.32. The van der Waals surface area contributed by atoms with E-state index in [1.54, 1.807) is 0 Å². The molecule has 0 amide bonds. The molecule has 0 spiro atoms.